The van der Waals surface area contributed by atoms with E-state index in [1.54, 1.807) is 12.1 Å². The highest BCUT2D eigenvalue weighted by Crippen LogP contribution is 2.38. The fourth-order valence-corrected chi connectivity index (χ4v) is 4.26. The lowest BCUT2D eigenvalue weighted by molar-refractivity contribution is -0.129. The zero-order chi connectivity index (χ0) is 22.2. The molecule has 1 aliphatic rings. The van der Waals surface area contributed by atoms with Gasteiger partial charge in [0, 0.05) is 24.3 Å². The Bertz CT molecular complexity index is 979. The van der Waals surface area contributed by atoms with E-state index in [4.69, 9.17) is 0 Å². The molecule has 0 spiro atoms. The molecule has 0 bridgehead atoms. The van der Waals surface area contributed by atoms with Gasteiger partial charge in [-0.25, -0.2) is 4.39 Å². The summed E-state index contributed by atoms with van der Waals surface area (Å²) in [5, 5.41) is 2.86. The number of carbonyl (C=O) groups is 3. The highest BCUT2D eigenvalue weighted by molar-refractivity contribution is 6.15. The van der Waals surface area contributed by atoms with Crippen LogP contribution in [0.1, 0.15) is 56.2 Å². The zero-order valence-corrected chi connectivity index (χ0v) is 18.1. The first kappa shape index (κ1) is 21.9. The number of aryl methyl sites for hydroxylation is 2. The molecule has 5 heteroatoms. The van der Waals surface area contributed by atoms with E-state index >= 15 is 0 Å². The molecule has 2 aromatic carbocycles. The number of hydrogen-bond donors (Lipinski definition) is 1. The summed E-state index contributed by atoms with van der Waals surface area (Å²) in [6.45, 7) is 9.41. The second-order valence-electron chi connectivity index (χ2n) is 9.24. The van der Waals surface area contributed by atoms with Crippen molar-refractivity contribution < 1.29 is 18.8 Å². The van der Waals surface area contributed by atoms with Crippen molar-refractivity contribution in [1.29, 1.82) is 0 Å². The summed E-state index contributed by atoms with van der Waals surface area (Å²) < 4.78 is 13.2. The first-order valence-electron chi connectivity index (χ1n) is 10.2. The molecule has 0 aromatic heterocycles. The number of hydrogen-bond acceptors (Lipinski definition) is 3. The number of nitrogens with one attached hydrogen (secondary N) is 1. The van der Waals surface area contributed by atoms with Crippen molar-refractivity contribution in [2.24, 2.45) is 5.92 Å². The molecule has 0 saturated heterocycles. The van der Waals surface area contributed by atoms with Crippen LogP contribution >= 0.6 is 0 Å². The molecule has 2 unspecified atom stereocenters. The normalized spacial score (nSPS) is 19.3. The second kappa shape index (κ2) is 8.13. The standard InChI is InChI=1S/C25H28FNO3/c1-14-10-17(16-6-8-19(26)9-7-16)11-15(2)22(14)23-20(28)12-18(24(23)30)13-21(29)27-25(3,4)5/h6-11,18,23H,12-13H2,1-5H3,(H,27,29). The number of ketones is 2. The van der Waals surface area contributed by atoms with Crippen molar-refractivity contribution in [2.45, 2.75) is 58.9 Å². The number of benzene rings is 2. The third-order valence-corrected chi connectivity index (χ3v) is 5.46. The van der Waals surface area contributed by atoms with E-state index in [2.05, 4.69) is 5.32 Å². The lowest BCUT2D eigenvalue weighted by Gasteiger charge is -2.21. The Labute approximate surface area is 176 Å². The van der Waals surface area contributed by atoms with E-state index in [0.29, 0.717) is 0 Å². The summed E-state index contributed by atoms with van der Waals surface area (Å²) >= 11 is 0. The summed E-state index contributed by atoms with van der Waals surface area (Å²) in [6, 6.07) is 10.1. The number of amides is 1. The van der Waals surface area contributed by atoms with Gasteiger partial charge in [0.2, 0.25) is 5.91 Å². The van der Waals surface area contributed by atoms with E-state index in [1.807, 2.05) is 46.8 Å². The summed E-state index contributed by atoms with van der Waals surface area (Å²) in [4.78, 5) is 38.1. The van der Waals surface area contributed by atoms with Crippen LogP contribution in [-0.4, -0.2) is 23.0 Å². The molecule has 1 amide bonds. The highest BCUT2D eigenvalue weighted by Gasteiger charge is 2.44. The van der Waals surface area contributed by atoms with Gasteiger partial charge >= 0.3 is 0 Å². The molecular weight excluding hydrogens is 381 g/mol. The van der Waals surface area contributed by atoms with E-state index in [0.717, 1.165) is 27.8 Å². The summed E-state index contributed by atoms with van der Waals surface area (Å²) in [6.07, 6.45) is 0.129. The molecule has 2 aromatic rings. The fourth-order valence-electron chi connectivity index (χ4n) is 4.26. The van der Waals surface area contributed by atoms with Gasteiger partial charge in [-0.15, -0.1) is 0 Å². The Morgan fingerprint density at radius 1 is 1.03 bits per heavy atom. The van der Waals surface area contributed by atoms with Gasteiger partial charge in [-0.05, 0) is 74.6 Å². The maximum absolute atomic E-state index is 13.2. The van der Waals surface area contributed by atoms with Crippen molar-refractivity contribution in [3.63, 3.8) is 0 Å². The van der Waals surface area contributed by atoms with Crippen LogP contribution in [-0.2, 0) is 14.4 Å². The van der Waals surface area contributed by atoms with Crippen molar-refractivity contribution >= 4 is 17.5 Å². The van der Waals surface area contributed by atoms with Crippen LogP contribution < -0.4 is 5.32 Å². The second-order valence-corrected chi connectivity index (χ2v) is 9.24. The minimum atomic E-state index is -0.820. The van der Waals surface area contributed by atoms with Gasteiger partial charge in [-0.3, -0.25) is 14.4 Å². The maximum atomic E-state index is 13.2. The quantitative estimate of drug-likeness (QED) is 0.748. The van der Waals surface area contributed by atoms with E-state index in [-0.39, 0.29) is 41.7 Å². The Kier molecular flexibility index (Phi) is 5.93. The third-order valence-electron chi connectivity index (χ3n) is 5.46. The van der Waals surface area contributed by atoms with Crippen LogP contribution in [0.25, 0.3) is 11.1 Å². The van der Waals surface area contributed by atoms with Crippen LogP contribution in [0.3, 0.4) is 0 Å². The Morgan fingerprint density at radius 3 is 2.13 bits per heavy atom. The van der Waals surface area contributed by atoms with Crippen LogP contribution in [0.2, 0.25) is 0 Å². The molecule has 4 nitrogen and oxygen atoms in total. The van der Waals surface area contributed by atoms with Crippen LogP contribution in [0.5, 0.6) is 0 Å². The average molecular weight is 410 g/mol. The topological polar surface area (TPSA) is 63.2 Å². The molecule has 3 rings (SSSR count). The Balaban J connectivity index is 1.86. The molecule has 30 heavy (non-hydrogen) atoms. The smallest absolute Gasteiger partial charge is 0.221 e. The Morgan fingerprint density at radius 2 is 1.60 bits per heavy atom. The molecular formula is C25H28FNO3. The minimum Gasteiger partial charge on any atom is -0.351 e. The number of rotatable bonds is 4. The van der Waals surface area contributed by atoms with E-state index < -0.39 is 11.8 Å². The molecule has 1 N–H and O–H groups in total. The van der Waals surface area contributed by atoms with Gasteiger partial charge < -0.3 is 5.32 Å². The number of carbonyl (C=O) groups excluding carboxylic acids is 3. The molecule has 1 saturated carbocycles. The van der Waals surface area contributed by atoms with Crippen LogP contribution in [0, 0.1) is 25.6 Å². The van der Waals surface area contributed by atoms with Crippen LogP contribution in [0.4, 0.5) is 4.39 Å². The molecule has 0 heterocycles. The molecule has 1 fully saturated rings. The van der Waals surface area contributed by atoms with Gasteiger partial charge in [0.15, 0.2) is 5.78 Å². The van der Waals surface area contributed by atoms with Gasteiger partial charge in [0.25, 0.3) is 0 Å². The number of halogens is 1. The predicted octanol–water partition coefficient (Wildman–Crippen LogP) is 4.66. The minimum absolute atomic E-state index is 0.0318. The first-order valence-corrected chi connectivity index (χ1v) is 10.2. The monoisotopic (exact) mass is 409 g/mol. The maximum Gasteiger partial charge on any atom is 0.221 e. The van der Waals surface area contributed by atoms with Gasteiger partial charge in [0.1, 0.15) is 17.5 Å². The lowest BCUT2D eigenvalue weighted by atomic mass is 9.85. The highest BCUT2D eigenvalue weighted by atomic mass is 19.1. The van der Waals surface area contributed by atoms with Crippen molar-refractivity contribution in [3.05, 3.63) is 58.9 Å². The largest absolute Gasteiger partial charge is 0.351 e. The molecule has 0 aliphatic heterocycles. The fraction of sp³-hybridized carbons (Fsp3) is 0.400. The summed E-state index contributed by atoms with van der Waals surface area (Å²) in [5.41, 5.74) is 3.82. The van der Waals surface area contributed by atoms with Gasteiger partial charge in [-0.2, -0.15) is 0 Å². The SMILES string of the molecule is Cc1cc(-c2ccc(F)cc2)cc(C)c1C1C(=O)CC(CC(=O)NC(C)(C)C)C1=O. The summed E-state index contributed by atoms with van der Waals surface area (Å²) in [7, 11) is 0. The van der Waals surface area contributed by atoms with Crippen LogP contribution in [0.15, 0.2) is 36.4 Å². The van der Waals surface area contributed by atoms with Crippen molar-refractivity contribution in [2.75, 3.05) is 0 Å². The van der Waals surface area contributed by atoms with Crippen molar-refractivity contribution in [1.82, 2.24) is 5.32 Å². The molecule has 2 atom stereocenters. The van der Waals surface area contributed by atoms with E-state index in [1.165, 1.54) is 12.1 Å². The zero-order valence-electron chi connectivity index (χ0n) is 18.1. The first-order chi connectivity index (χ1) is 14.0. The molecule has 1 aliphatic carbocycles. The Hall–Kier alpha value is -2.82. The predicted molar refractivity (Wildman–Crippen MR) is 115 cm³/mol. The number of Topliss-reactive ketones (excluding diaryl/α,β-unsaturated/α-hetero) is 2. The van der Waals surface area contributed by atoms with Gasteiger partial charge in [-0.1, -0.05) is 24.3 Å². The average Bonchev–Trinajstić information content (AvgIpc) is 2.87. The van der Waals surface area contributed by atoms with Crippen molar-refractivity contribution in [3.8, 4) is 11.1 Å². The molecule has 158 valence electrons. The molecule has 0 radical (unpaired) electrons. The third kappa shape index (κ3) is 4.66. The summed E-state index contributed by atoms with van der Waals surface area (Å²) in [5.74, 6) is -2.22. The van der Waals surface area contributed by atoms with E-state index in [9.17, 15) is 18.8 Å². The van der Waals surface area contributed by atoms with Gasteiger partial charge in [0.05, 0.1) is 0 Å². The lowest BCUT2D eigenvalue weighted by Crippen LogP contribution is -2.41.